The monoisotopic (exact) mass is 335 g/mol. The van der Waals surface area contributed by atoms with Crippen molar-refractivity contribution in [3.05, 3.63) is 0 Å². The quantitative estimate of drug-likeness (QED) is 0.390. The van der Waals surface area contributed by atoms with E-state index in [1.165, 1.54) is 0 Å². The fraction of sp³-hybridized carbons (Fsp3) is 1.00. The summed E-state index contributed by atoms with van der Waals surface area (Å²) in [7, 11) is 0. The molecule has 7 nitrogen and oxygen atoms in total. The van der Waals surface area contributed by atoms with E-state index in [1.54, 1.807) is 0 Å². The molecule has 1 fully saturated rings. The molecule has 1 aliphatic rings. The minimum absolute atomic E-state index is 0.0256. The Labute approximate surface area is 139 Å². The van der Waals surface area contributed by atoms with Crippen molar-refractivity contribution in [3.8, 4) is 0 Å². The molecular weight excluding hydrogens is 302 g/mol. The number of nitrogens with zero attached hydrogens (tertiary/aromatic N) is 1. The summed E-state index contributed by atoms with van der Waals surface area (Å²) in [6.07, 6.45) is 0.767. The van der Waals surface area contributed by atoms with Gasteiger partial charge in [0.2, 0.25) is 0 Å². The summed E-state index contributed by atoms with van der Waals surface area (Å²) in [5.74, 6) is 0. The van der Waals surface area contributed by atoms with E-state index in [4.69, 9.17) is 19.3 Å². The first-order valence-electron chi connectivity index (χ1n) is 8.51. The molecule has 0 aromatic rings. The molecule has 0 aromatic heterocycles. The molecule has 7 heteroatoms. The van der Waals surface area contributed by atoms with Crippen molar-refractivity contribution in [2.24, 2.45) is 5.41 Å². The maximum absolute atomic E-state index is 10.1. The van der Waals surface area contributed by atoms with Crippen LogP contribution in [0.3, 0.4) is 0 Å². The third kappa shape index (κ3) is 8.39. The average molecular weight is 335 g/mol. The van der Waals surface area contributed by atoms with Gasteiger partial charge in [-0.1, -0.05) is 6.92 Å². The standard InChI is InChI=1S/C16H33NO6/c1-2-16(12-19,13-22-7-3-6-18)14-23-11-15(20)10-17-4-8-21-9-5-17/h15,18-20H,2-14H2,1H3. The van der Waals surface area contributed by atoms with Crippen molar-refractivity contribution in [2.75, 3.05) is 72.5 Å². The lowest BCUT2D eigenvalue weighted by molar-refractivity contribution is -0.0753. The second kappa shape index (κ2) is 12.1. The maximum Gasteiger partial charge on any atom is 0.0900 e. The van der Waals surface area contributed by atoms with Crippen LogP contribution in [0.15, 0.2) is 0 Å². The van der Waals surface area contributed by atoms with Gasteiger partial charge in [0, 0.05) is 38.3 Å². The lowest BCUT2D eigenvalue weighted by Crippen LogP contribution is -2.43. The second-order valence-corrected chi connectivity index (χ2v) is 6.22. The first-order valence-corrected chi connectivity index (χ1v) is 8.51. The highest BCUT2D eigenvalue weighted by atomic mass is 16.5. The molecule has 0 aromatic carbocycles. The van der Waals surface area contributed by atoms with Gasteiger partial charge in [0.25, 0.3) is 0 Å². The van der Waals surface area contributed by atoms with Gasteiger partial charge >= 0.3 is 0 Å². The third-order valence-electron chi connectivity index (χ3n) is 4.23. The lowest BCUT2D eigenvalue weighted by atomic mass is 9.88. The molecule has 2 atom stereocenters. The Kier molecular flexibility index (Phi) is 11.0. The summed E-state index contributed by atoms with van der Waals surface area (Å²) in [5, 5.41) is 28.5. The number of morpholine rings is 1. The zero-order chi connectivity index (χ0) is 17.0. The van der Waals surface area contributed by atoms with Crippen molar-refractivity contribution in [1.82, 2.24) is 4.90 Å². The van der Waals surface area contributed by atoms with Crippen molar-refractivity contribution >= 4 is 0 Å². The van der Waals surface area contributed by atoms with E-state index in [0.717, 1.165) is 19.5 Å². The van der Waals surface area contributed by atoms with Crippen LogP contribution in [0.5, 0.6) is 0 Å². The van der Waals surface area contributed by atoms with Crippen molar-refractivity contribution in [2.45, 2.75) is 25.9 Å². The summed E-state index contributed by atoms with van der Waals surface area (Å²) in [6, 6.07) is 0. The molecular formula is C16H33NO6. The minimum atomic E-state index is -0.545. The van der Waals surface area contributed by atoms with E-state index in [0.29, 0.717) is 46.0 Å². The average Bonchev–Trinajstić information content (AvgIpc) is 2.58. The maximum atomic E-state index is 10.1. The Morgan fingerprint density at radius 2 is 1.87 bits per heavy atom. The molecule has 1 saturated heterocycles. The number of hydrogen-bond acceptors (Lipinski definition) is 7. The van der Waals surface area contributed by atoms with Crippen LogP contribution in [0.25, 0.3) is 0 Å². The van der Waals surface area contributed by atoms with Crippen LogP contribution in [0, 0.1) is 5.41 Å². The van der Waals surface area contributed by atoms with Crippen LogP contribution in [-0.2, 0) is 14.2 Å². The molecule has 0 saturated carbocycles. The fourth-order valence-electron chi connectivity index (χ4n) is 2.45. The SMILES string of the molecule is CCC(CO)(COCCCO)COCC(O)CN1CCOCC1. The largest absolute Gasteiger partial charge is 0.396 e. The van der Waals surface area contributed by atoms with E-state index in [2.05, 4.69) is 4.90 Å². The van der Waals surface area contributed by atoms with E-state index < -0.39 is 11.5 Å². The number of aliphatic hydroxyl groups is 3. The molecule has 1 aliphatic heterocycles. The van der Waals surface area contributed by atoms with Gasteiger partial charge in [-0.25, -0.2) is 0 Å². The van der Waals surface area contributed by atoms with Gasteiger partial charge in [0.1, 0.15) is 0 Å². The number of aliphatic hydroxyl groups excluding tert-OH is 3. The van der Waals surface area contributed by atoms with Crippen molar-refractivity contribution in [3.63, 3.8) is 0 Å². The Morgan fingerprint density at radius 3 is 2.48 bits per heavy atom. The number of hydrogen-bond donors (Lipinski definition) is 3. The summed E-state index contributed by atoms with van der Waals surface area (Å²) in [6.45, 7) is 7.19. The topological polar surface area (TPSA) is 91.6 Å². The molecule has 2 unspecified atom stereocenters. The Morgan fingerprint density at radius 1 is 1.17 bits per heavy atom. The van der Waals surface area contributed by atoms with Gasteiger partial charge in [-0.2, -0.15) is 0 Å². The molecule has 23 heavy (non-hydrogen) atoms. The fourth-order valence-corrected chi connectivity index (χ4v) is 2.45. The van der Waals surface area contributed by atoms with Gasteiger partial charge in [-0.3, -0.25) is 4.90 Å². The summed E-state index contributed by atoms with van der Waals surface area (Å²) in [4.78, 5) is 2.16. The van der Waals surface area contributed by atoms with Crippen LogP contribution in [-0.4, -0.2) is 98.8 Å². The smallest absolute Gasteiger partial charge is 0.0900 e. The highest BCUT2D eigenvalue weighted by molar-refractivity contribution is 4.77. The molecule has 0 aliphatic carbocycles. The molecule has 138 valence electrons. The van der Waals surface area contributed by atoms with E-state index >= 15 is 0 Å². The second-order valence-electron chi connectivity index (χ2n) is 6.22. The summed E-state index contributed by atoms with van der Waals surface area (Å²) in [5.41, 5.74) is -0.450. The van der Waals surface area contributed by atoms with Crippen LogP contribution >= 0.6 is 0 Å². The Hall–Kier alpha value is -0.280. The van der Waals surface area contributed by atoms with Crippen LogP contribution in [0.1, 0.15) is 19.8 Å². The van der Waals surface area contributed by atoms with Crippen molar-refractivity contribution in [1.29, 1.82) is 0 Å². The van der Waals surface area contributed by atoms with E-state index in [-0.39, 0.29) is 19.8 Å². The van der Waals surface area contributed by atoms with Crippen LogP contribution in [0.4, 0.5) is 0 Å². The first kappa shape index (κ1) is 20.8. The van der Waals surface area contributed by atoms with Crippen LogP contribution in [0.2, 0.25) is 0 Å². The number of ether oxygens (including phenoxy) is 3. The minimum Gasteiger partial charge on any atom is -0.396 e. The number of β-amino-alcohol motifs (C(OH)–C–C–N with tert-alkyl or cyclic N) is 1. The summed E-state index contributed by atoms with van der Waals surface area (Å²) >= 11 is 0. The molecule has 3 N–H and O–H groups in total. The van der Waals surface area contributed by atoms with E-state index in [1.807, 2.05) is 6.92 Å². The zero-order valence-corrected chi connectivity index (χ0v) is 14.3. The predicted octanol–water partition coefficient (Wildman–Crippen LogP) is -0.516. The van der Waals surface area contributed by atoms with E-state index in [9.17, 15) is 10.2 Å². The van der Waals surface area contributed by atoms with Gasteiger partial charge in [-0.15, -0.1) is 0 Å². The lowest BCUT2D eigenvalue weighted by Gasteiger charge is -2.31. The predicted molar refractivity (Wildman–Crippen MR) is 86.4 cm³/mol. The van der Waals surface area contributed by atoms with Gasteiger partial charge < -0.3 is 29.5 Å². The normalized spacial score (nSPS) is 20.3. The first-order chi connectivity index (χ1) is 11.2. The molecule has 0 bridgehead atoms. The Balaban J connectivity index is 2.24. The number of rotatable bonds is 13. The molecule has 0 radical (unpaired) electrons. The molecule has 0 amide bonds. The molecule has 1 heterocycles. The molecule has 1 rings (SSSR count). The summed E-state index contributed by atoms with van der Waals surface area (Å²) < 4.78 is 16.4. The Bertz CT molecular complexity index is 282. The third-order valence-corrected chi connectivity index (χ3v) is 4.23. The van der Waals surface area contributed by atoms with Crippen molar-refractivity contribution < 1.29 is 29.5 Å². The molecule has 0 spiro atoms. The van der Waals surface area contributed by atoms with Gasteiger partial charge in [0.15, 0.2) is 0 Å². The van der Waals surface area contributed by atoms with Gasteiger partial charge in [0.05, 0.1) is 45.7 Å². The van der Waals surface area contributed by atoms with Gasteiger partial charge in [-0.05, 0) is 12.8 Å². The highest BCUT2D eigenvalue weighted by Crippen LogP contribution is 2.22. The highest BCUT2D eigenvalue weighted by Gasteiger charge is 2.29. The zero-order valence-electron chi connectivity index (χ0n) is 14.3. The van der Waals surface area contributed by atoms with Crippen LogP contribution < -0.4 is 0 Å².